The van der Waals surface area contributed by atoms with Gasteiger partial charge in [0.15, 0.2) is 14.1 Å². The summed E-state index contributed by atoms with van der Waals surface area (Å²) in [6.45, 7) is 13.1. The monoisotopic (exact) mass is 266 g/mol. The van der Waals surface area contributed by atoms with Gasteiger partial charge in [-0.3, -0.25) is 4.79 Å². The summed E-state index contributed by atoms with van der Waals surface area (Å²) >= 11 is 0. The van der Waals surface area contributed by atoms with E-state index in [0.29, 0.717) is 0 Å². The van der Waals surface area contributed by atoms with Crippen LogP contribution in [0.5, 0.6) is 0 Å². The number of hydrogen-bond acceptors (Lipinski definition) is 3. The molecular formula is C12H23NaO3Si. The van der Waals surface area contributed by atoms with Crippen molar-refractivity contribution in [1.29, 1.82) is 0 Å². The van der Waals surface area contributed by atoms with Crippen molar-refractivity contribution in [3.63, 3.8) is 0 Å². The third-order valence-electron chi connectivity index (χ3n) is 2.00. The first-order valence-electron chi connectivity index (χ1n) is 5.59. The number of ketones is 1. The zero-order valence-electron chi connectivity index (χ0n) is 12.4. The van der Waals surface area contributed by atoms with Gasteiger partial charge in [0.05, 0.1) is 0 Å². The van der Waals surface area contributed by atoms with Gasteiger partial charge in [0, 0.05) is 0 Å². The van der Waals surface area contributed by atoms with Crippen LogP contribution in [0.3, 0.4) is 0 Å². The molecule has 0 unspecified atom stereocenters. The van der Waals surface area contributed by atoms with Crippen molar-refractivity contribution in [2.24, 2.45) is 5.92 Å². The maximum atomic E-state index is 11.9. The first kappa shape index (κ1) is 19.7. The molecule has 0 aliphatic carbocycles. The van der Waals surface area contributed by atoms with E-state index in [9.17, 15) is 9.90 Å². The van der Waals surface area contributed by atoms with Gasteiger partial charge in [-0.05, 0) is 45.5 Å². The SMILES string of the molecule is CC(C)/C([O-])=C/C(=O)C(C)(C)O[Si](C)(C)C.[Na+]. The van der Waals surface area contributed by atoms with Crippen molar-refractivity contribution in [1.82, 2.24) is 0 Å². The second-order valence-electron chi connectivity index (χ2n) is 5.79. The van der Waals surface area contributed by atoms with Crippen molar-refractivity contribution in [3.8, 4) is 0 Å². The third kappa shape index (κ3) is 8.16. The molecule has 0 aromatic rings. The second kappa shape index (κ2) is 7.09. The average Bonchev–Trinajstić information content (AvgIpc) is 1.98. The molecule has 0 heterocycles. The van der Waals surface area contributed by atoms with Crippen molar-refractivity contribution in [2.45, 2.75) is 52.9 Å². The molecule has 17 heavy (non-hydrogen) atoms. The molecular weight excluding hydrogens is 243 g/mol. The smallest absolute Gasteiger partial charge is 0.875 e. The van der Waals surface area contributed by atoms with Crippen LogP contribution in [-0.2, 0) is 9.22 Å². The Hall–Kier alpha value is 0.387. The molecule has 94 valence electrons. The summed E-state index contributed by atoms with van der Waals surface area (Å²) in [6, 6.07) is 0. The molecule has 5 heteroatoms. The molecule has 0 N–H and O–H groups in total. The molecule has 0 saturated carbocycles. The van der Waals surface area contributed by atoms with Crippen LogP contribution in [0.15, 0.2) is 11.8 Å². The molecule has 0 amide bonds. The summed E-state index contributed by atoms with van der Waals surface area (Å²) in [4.78, 5) is 11.9. The van der Waals surface area contributed by atoms with Crippen molar-refractivity contribution < 1.29 is 43.9 Å². The molecule has 0 aromatic carbocycles. The van der Waals surface area contributed by atoms with E-state index in [4.69, 9.17) is 4.43 Å². The van der Waals surface area contributed by atoms with Gasteiger partial charge in [-0.25, -0.2) is 0 Å². The Morgan fingerprint density at radius 3 is 2.00 bits per heavy atom. The van der Waals surface area contributed by atoms with E-state index in [1.165, 1.54) is 6.08 Å². The van der Waals surface area contributed by atoms with Crippen LogP contribution in [0.1, 0.15) is 27.7 Å². The van der Waals surface area contributed by atoms with Crippen molar-refractivity contribution >= 4 is 14.1 Å². The average molecular weight is 266 g/mol. The number of hydrogen-bond donors (Lipinski definition) is 0. The minimum absolute atomic E-state index is 0. The van der Waals surface area contributed by atoms with Crippen LogP contribution in [0.2, 0.25) is 19.6 Å². The fourth-order valence-corrected chi connectivity index (χ4v) is 2.92. The van der Waals surface area contributed by atoms with E-state index in [-0.39, 0.29) is 47.0 Å². The Balaban J connectivity index is 0. The minimum atomic E-state index is -1.79. The molecule has 0 aliphatic rings. The Bertz CT molecular complexity index is 291. The third-order valence-corrected chi connectivity index (χ3v) is 3.12. The largest absolute Gasteiger partial charge is 1.00 e. The van der Waals surface area contributed by atoms with Gasteiger partial charge < -0.3 is 9.53 Å². The molecule has 0 bridgehead atoms. The summed E-state index contributed by atoms with van der Waals surface area (Å²) in [6.07, 6.45) is 1.17. The summed E-state index contributed by atoms with van der Waals surface area (Å²) in [7, 11) is -1.79. The Kier molecular flexibility index (Phi) is 8.23. The van der Waals surface area contributed by atoms with Gasteiger partial charge in [0.1, 0.15) is 5.60 Å². The zero-order valence-corrected chi connectivity index (χ0v) is 15.4. The fraction of sp³-hybridized carbons (Fsp3) is 0.750. The molecule has 0 fully saturated rings. The molecule has 0 radical (unpaired) electrons. The predicted octanol–water partition coefficient (Wildman–Crippen LogP) is -0.910. The topological polar surface area (TPSA) is 49.4 Å². The Morgan fingerprint density at radius 2 is 1.71 bits per heavy atom. The minimum Gasteiger partial charge on any atom is -0.875 e. The number of allylic oxidation sites excluding steroid dienone is 1. The van der Waals surface area contributed by atoms with Crippen molar-refractivity contribution in [3.05, 3.63) is 11.8 Å². The fourth-order valence-electron chi connectivity index (χ4n) is 1.29. The summed E-state index contributed by atoms with van der Waals surface area (Å²) in [5.74, 6) is -0.530. The predicted molar refractivity (Wildman–Crippen MR) is 66.4 cm³/mol. The van der Waals surface area contributed by atoms with Gasteiger partial charge in [0.25, 0.3) is 0 Å². The van der Waals surface area contributed by atoms with E-state index in [1.54, 1.807) is 27.7 Å². The first-order valence-corrected chi connectivity index (χ1v) is 9.00. The molecule has 3 nitrogen and oxygen atoms in total. The van der Waals surface area contributed by atoms with E-state index >= 15 is 0 Å². The molecule has 0 aromatic heterocycles. The van der Waals surface area contributed by atoms with Crippen LogP contribution in [0.4, 0.5) is 0 Å². The number of rotatable bonds is 5. The normalized spacial score (nSPS) is 13.5. The van der Waals surface area contributed by atoms with Gasteiger partial charge in [0.2, 0.25) is 0 Å². The van der Waals surface area contributed by atoms with Crippen LogP contribution in [0.25, 0.3) is 0 Å². The Morgan fingerprint density at radius 1 is 1.29 bits per heavy atom. The van der Waals surface area contributed by atoms with Gasteiger partial charge in [-0.2, -0.15) is 0 Å². The second-order valence-corrected chi connectivity index (χ2v) is 10.2. The van der Waals surface area contributed by atoms with Gasteiger partial charge in [-0.15, -0.1) is 5.76 Å². The molecule has 0 aliphatic heterocycles. The zero-order chi connectivity index (χ0) is 13.1. The van der Waals surface area contributed by atoms with Crippen LogP contribution in [-0.4, -0.2) is 19.7 Å². The van der Waals surface area contributed by atoms with E-state index in [2.05, 4.69) is 0 Å². The van der Waals surface area contributed by atoms with Crippen LogP contribution >= 0.6 is 0 Å². The van der Waals surface area contributed by atoms with E-state index in [1.807, 2.05) is 19.6 Å². The molecule has 0 spiro atoms. The standard InChI is InChI=1S/C12H24O3Si.Na/c1-9(2)10(13)8-11(14)12(3,4)15-16(5,6)7;/h8-9,13H,1-7H3;/q;+1/p-1/b10-8-;. The van der Waals surface area contributed by atoms with Gasteiger partial charge in [-0.1, -0.05) is 13.8 Å². The van der Waals surface area contributed by atoms with Crippen molar-refractivity contribution in [2.75, 3.05) is 0 Å². The molecule has 0 atom stereocenters. The van der Waals surface area contributed by atoms with Crippen LogP contribution in [0, 0.1) is 5.92 Å². The van der Waals surface area contributed by atoms with Crippen LogP contribution < -0.4 is 34.7 Å². The number of carbonyl (C=O) groups is 1. The maximum absolute atomic E-state index is 11.9. The van der Waals surface area contributed by atoms with E-state index < -0.39 is 13.9 Å². The quantitative estimate of drug-likeness (QED) is 0.368. The number of carbonyl (C=O) groups excluding carboxylic acids is 1. The summed E-state index contributed by atoms with van der Waals surface area (Å²) in [5.41, 5.74) is -0.894. The first-order chi connectivity index (χ1) is 6.96. The molecule has 0 saturated heterocycles. The summed E-state index contributed by atoms with van der Waals surface area (Å²) < 4.78 is 5.77. The van der Waals surface area contributed by atoms with E-state index in [0.717, 1.165) is 0 Å². The van der Waals surface area contributed by atoms with Gasteiger partial charge >= 0.3 is 29.6 Å². The Labute approximate surface area is 128 Å². The summed E-state index contributed by atoms with van der Waals surface area (Å²) in [5, 5.41) is 11.4. The maximum Gasteiger partial charge on any atom is 1.00 e. The molecule has 0 rings (SSSR count).